The largest absolute Gasteiger partial charge is 0.351 e. The summed E-state index contributed by atoms with van der Waals surface area (Å²) < 4.78 is 0. The summed E-state index contributed by atoms with van der Waals surface area (Å²) in [7, 11) is 0. The number of nitrogens with two attached hydrogens (primary N) is 1. The second-order valence-corrected chi connectivity index (χ2v) is 4.90. The quantitative estimate of drug-likeness (QED) is 0.612. The highest BCUT2D eigenvalue weighted by atomic mass is 32.1. The third kappa shape index (κ3) is 4.91. The van der Waals surface area contributed by atoms with Crippen LogP contribution in [0.1, 0.15) is 47.8 Å². The number of unbranched alkanes of at least 4 members (excludes halogenated alkanes) is 3. The summed E-state index contributed by atoms with van der Waals surface area (Å²) in [5.41, 5.74) is 6.10. The molecule has 18 heavy (non-hydrogen) atoms. The van der Waals surface area contributed by atoms with Gasteiger partial charge >= 0.3 is 0 Å². The van der Waals surface area contributed by atoms with Gasteiger partial charge in [-0.25, -0.2) is 0 Å². The first-order valence-electron chi connectivity index (χ1n) is 6.34. The molecule has 3 nitrogen and oxygen atoms in total. The van der Waals surface area contributed by atoms with E-state index in [0.29, 0.717) is 11.4 Å². The molecular weight excluding hydrogens is 244 g/mol. The smallest absolute Gasteiger partial charge is 0.262 e. The molecule has 0 atom stereocenters. The van der Waals surface area contributed by atoms with E-state index < -0.39 is 0 Å². The van der Waals surface area contributed by atoms with E-state index in [1.54, 1.807) is 0 Å². The molecule has 1 rings (SSSR count). The fraction of sp³-hybridized carbons (Fsp3) is 0.500. The Morgan fingerprint density at radius 3 is 3.00 bits per heavy atom. The zero-order chi connectivity index (χ0) is 13.2. The molecule has 98 valence electrons. The molecule has 0 aliphatic rings. The van der Waals surface area contributed by atoms with Gasteiger partial charge in [-0.3, -0.25) is 4.79 Å². The van der Waals surface area contributed by atoms with Gasteiger partial charge < -0.3 is 11.1 Å². The van der Waals surface area contributed by atoms with Crippen LogP contribution in [0.3, 0.4) is 0 Å². The van der Waals surface area contributed by atoms with Crippen molar-refractivity contribution in [3.8, 4) is 11.8 Å². The molecule has 0 saturated heterocycles. The zero-order valence-corrected chi connectivity index (χ0v) is 11.6. The first-order chi connectivity index (χ1) is 8.79. The average Bonchev–Trinajstić information content (AvgIpc) is 2.84. The van der Waals surface area contributed by atoms with Gasteiger partial charge in [0.1, 0.15) is 4.88 Å². The lowest BCUT2D eigenvalue weighted by Crippen LogP contribution is -2.24. The van der Waals surface area contributed by atoms with Crippen molar-refractivity contribution in [3.63, 3.8) is 0 Å². The van der Waals surface area contributed by atoms with Crippen molar-refractivity contribution in [2.24, 2.45) is 5.73 Å². The van der Waals surface area contributed by atoms with E-state index in [-0.39, 0.29) is 5.91 Å². The molecule has 0 radical (unpaired) electrons. The van der Waals surface area contributed by atoms with Crippen LogP contribution in [-0.4, -0.2) is 19.0 Å². The van der Waals surface area contributed by atoms with Crippen LogP contribution in [0.4, 0.5) is 0 Å². The summed E-state index contributed by atoms with van der Waals surface area (Å²) in [6, 6.07) is 1.86. The molecule has 0 aliphatic heterocycles. The van der Waals surface area contributed by atoms with Crippen LogP contribution in [0.2, 0.25) is 0 Å². The maximum absolute atomic E-state index is 11.9. The Morgan fingerprint density at radius 1 is 1.44 bits per heavy atom. The van der Waals surface area contributed by atoms with E-state index in [4.69, 9.17) is 5.73 Å². The maximum Gasteiger partial charge on any atom is 0.262 e. The highest BCUT2D eigenvalue weighted by Crippen LogP contribution is 2.15. The second-order valence-electron chi connectivity index (χ2n) is 3.99. The Hall–Kier alpha value is -1.31. The lowest BCUT2D eigenvalue weighted by molar-refractivity contribution is 0.0957. The van der Waals surface area contributed by atoms with E-state index in [1.165, 1.54) is 30.6 Å². The number of hydrogen-bond acceptors (Lipinski definition) is 3. The molecule has 1 amide bonds. The minimum Gasteiger partial charge on any atom is -0.351 e. The van der Waals surface area contributed by atoms with Crippen molar-refractivity contribution in [3.05, 3.63) is 21.9 Å². The lowest BCUT2D eigenvalue weighted by atomic mass is 10.2. The minimum absolute atomic E-state index is 0.0252. The SMILES string of the molecule is CCCCCCNC(=O)c1sccc1C#CCN. The van der Waals surface area contributed by atoms with E-state index in [2.05, 4.69) is 24.1 Å². The van der Waals surface area contributed by atoms with E-state index in [1.807, 2.05) is 11.4 Å². The molecule has 0 aromatic carbocycles. The topological polar surface area (TPSA) is 55.1 Å². The number of carbonyl (C=O) groups excluding carboxylic acids is 1. The van der Waals surface area contributed by atoms with Crippen LogP contribution in [0.15, 0.2) is 11.4 Å². The predicted octanol–water partition coefficient (Wildman–Crippen LogP) is 2.37. The van der Waals surface area contributed by atoms with Gasteiger partial charge in [-0.15, -0.1) is 11.3 Å². The third-order valence-corrected chi connectivity index (χ3v) is 3.43. The molecule has 0 aliphatic carbocycles. The summed E-state index contributed by atoms with van der Waals surface area (Å²) in [6.07, 6.45) is 4.63. The van der Waals surface area contributed by atoms with Gasteiger partial charge in [0.2, 0.25) is 0 Å². The summed E-state index contributed by atoms with van der Waals surface area (Å²) in [5, 5.41) is 4.81. The number of hydrogen-bond donors (Lipinski definition) is 2. The highest BCUT2D eigenvalue weighted by molar-refractivity contribution is 7.12. The van der Waals surface area contributed by atoms with Crippen molar-refractivity contribution < 1.29 is 4.79 Å². The van der Waals surface area contributed by atoms with Crippen LogP contribution in [0, 0.1) is 11.8 Å². The van der Waals surface area contributed by atoms with Gasteiger partial charge in [0, 0.05) is 12.1 Å². The Kier molecular flexibility index (Phi) is 7.16. The second kappa shape index (κ2) is 8.73. The van der Waals surface area contributed by atoms with Crippen LogP contribution in [0.5, 0.6) is 0 Å². The molecule has 0 unspecified atom stereocenters. The van der Waals surface area contributed by atoms with Crippen LogP contribution >= 0.6 is 11.3 Å². The fourth-order valence-electron chi connectivity index (χ4n) is 1.56. The van der Waals surface area contributed by atoms with E-state index in [0.717, 1.165) is 18.5 Å². The Labute approximate surface area is 113 Å². The summed E-state index contributed by atoms with van der Waals surface area (Å²) in [5.74, 6) is 5.67. The number of carbonyl (C=O) groups is 1. The average molecular weight is 264 g/mol. The number of rotatable bonds is 6. The maximum atomic E-state index is 11.9. The fourth-order valence-corrected chi connectivity index (χ4v) is 2.33. The van der Waals surface area contributed by atoms with Gasteiger partial charge in [0.05, 0.1) is 6.54 Å². The lowest BCUT2D eigenvalue weighted by Gasteiger charge is -2.03. The molecule has 0 spiro atoms. The van der Waals surface area contributed by atoms with Gasteiger partial charge in [0.15, 0.2) is 0 Å². The van der Waals surface area contributed by atoms with Gasteiger partial charge in [-0.05, 0) is 17.9 Å². The summed E-state index contributed by atoms with van der Waals surface area (Å²) >= 11 is 1.42. The zero-order valence-electron chi connectivity index (χ0n) is 10.8. The van der Waals surface area contributed by atoms with Crippen molar-refractivity contribution in [2.75, 3.05) is 13.1 Å². The van der Waals surface area contributed by atoms with Crippen LogP contribution in [0.25, 0.3) is 0 Å². The monoisotopic (exact) mass is 264 g/mol. The Balaban J connectivity index is 2.44. The number of nitrogens with one attached hydrogen (secondary N) is 1. The van der Waals surface area contributed by atoms with Crippen LogP contribution < -0.4 is 11.1 Å². The minimum atomic E-state index is -0.0252. The van der Waals surface area contributed by atoms with Crippen LogP contribution in [-0.2, 0) is 0 Å². The predicted molar refractivity (Wildman–Crippen MR) is 76.7 cm³/mol. The standard InChI is InChI=1S/C14H20N2OS/c1-2-3-4-5-10-16-14(17)13-12(7-6-9-15)8-11-18-13/h8,11H,2-5,9-10,15H2,1H3,(H,16,17). The Bertz CT molecular complexity index is 428. The number of thiophene rings is 1. The summed E-state index contributed by atoms with van der Waals surface area (Å²) in [6.45, 7) is 3.22. The molecule has 0 saturated carbocycles. The number of amides is 1. The molecule has 1 heterocycles. The molecule has 4 heteroatoms. The van der Waals surface area contributed by atoms with Gasteiger partial charge in [-0.1, -0.05) is 38.0 Å². The first kappa shape index (κ1) is 14.7. The van der Waals surface area contributed by atoms with Crippen molar-refractivity contribution in [1.29, 1.82) is 0 Å². The Morgan fingerprint density at radius 2 is 2.28 bits per heavy atom. The first-order valence-corrected chi connectivity index (χ1v) is 7.22. The molecule has 1 aromatic heterocycles. The molecule has 3 N–H and O–H groups in total. The van der Waals surface area contributed by atoms with E-state index >= 15 is 0 Å². The van der Waals surface area contributed by atoms with Gasteiger partial charge in [-0.2, -0.15) is 0 Å². The normalized spacial score (nSPS) is 9.67. The molecular formula is C14H20N2OS. The van der Waals surface area contributed by atoms with Gasteiger partial charge in [0.25, 0.3) is 5.91 Å². The van der Waals surface area contributed by atoms with E-state index in [9.17, 15) is 4.79 Å². The summed E-state index contributed by atoms with van der Waals surface area (Å²) in [4.78, 5) is 12.6. The highest BCUT2D eigenvalue weighted by Gasteiger charge is 2.10. The molecule has 0 bridgehead atoms. The van der Waals surface area contributed by atoms with Crippen molar-refractivity contribution in [2.45, 2.75) is 32.6 Å². The molecule has 0 fully saturated rings. The van der Waals surface area contributed by atoms with Crippen molar-refractivity contribution >= 4 is 17.2 Å². The van der Waals surface area contributed by atoms with Crippen molar-refractivity contribution in [1.82, 2.24) is 5.32 Å². The third-order valence-electron chi connectivity index (χ3n) is 2.51. The molecule has 1 aromatic rings.